The molecule has 0 aliphatic carbocycles. The molecule has 3 aromatic carbocycles. The molecule has 0 amide bonds. The molecule has 0 saturated heterocycles. The number of carbonyl (C=O) groups is 1. The summed E-state index contributed by atoms with van der Waals surface area (Å²) in [5, 5.41) is 13.1. The van der Waals surface area contributed by atoms with Crippen LogP contribution in [0.2, 0.25) is 10.0 Å². The van der Waals surface area contributed by atoms with Crippen LogP contribution in [0, 0.1) is 6.92 Å². The van der Waals surface area contributed by atoms with Gasteiger partial charge in [-0.3, -0.25) is 0 Å². The molecule has 0 fully saturated rings. The zero-order valence-electron chi connectivity index (χ0n) is 15.2. The summed E-state index contributed by atoms with van der Waals surface area (Å²) >= 11 is 12.2. The molecule has 0 unspecified atom stereocenters. The molecule has 2 N–H and O–H groups in total. The van der Waals surface area contributed by atoms with Crippen molar-refractivity contribution in [3.63, 3.8) is 0 Å². The van der Waals surface area contributed by atoms with E-state index in [-0.39, 0.29) is 10.6 Å². The van der Waals surface area contributed by atoms with Gasteiger partial charge in [0.1, 0.15) is 12.4 Å². The van der Waals surface area contributed by atoms with Gasteiger partial charge in [-0.25, -0.2) is 4.79 Å². The Balaban J connectivity index is 1.73. The zero-order valence-corrected chi connectivity index (χ0v) is 16.7. The van der Waals surface area contributed by atoms with Gasteiger partial charge in [-0.1, -0.05) is 47.5 Å². The second kappa shape index (κ2) is 9.00. The minimum atomic E-state index is -1.06. The molecule has 28 heavy (non-hydrogen) atoms. The highest BCUT2D eigenvalue weighted by molar-refractivity contribution is 6.33. The number of aryl methyl sites for hydroxylation is 1. The molecular weight excluding hydrogens is 397 g/mol. The Morgan fingerprint density at radius 1 is 1.04 bits per heavy atom. The fraction of sp³-hybridized carbons (Fsp3) is 0.136. The summed E-state index contributed by atoms with van der Waals surface area (Å²) in [6.45, 7) is 2.96. The third-order valence-electron chi connectivity index (χ3n) is 4.35. The number of nitrogens with one attached hydrogen (secondary N) is 1. The largest absolute Gasteiger partial charge is 0.489 e. The minimum absolute atomic E-state index is 0.0669. The van der Waals surface area contributed by atoms with E-state index < -0.39 is 5.97 Å². The normalized spacial score (nSPS) is 10.5. The van der Waals surface area contributed by atoms with Gasteiger partial charge in [0, 0.05) is 22.8 Å². The number of rotatable bonds is 7. The highest BCUT2D eigenvalue weighted by atomic mass is 35.5. The third-order valence-corrected chi connectivity index (χ3v) is 4.90. The smallest absolute Gasteiger partial charge is 0.337 e. The molecule has 0 radical (unpaired) electrons. The number of aromatic carboxylic acids is 1. The Kier molecular flexibility index (Phi) is 6.45. The van der Waals surface area contributed by atoms with Gasteiger partial charge in [0.25, 0.3) is 0 Å². The Hall–Kier alpha value is -2.69. The second-order valence-electron chi connectivity index (χ2n) is 6.32. The van der Waals surface area contributed by atoms with Crippen LogP contribution in [0.1, 0.15) is 27.0 Å². The number of ether oxygens (including phenoxy) is 1. The maximum atomic E-state index is 11.1. The van der Waals surface area contributed by atoms with E-state index in [4.69, 9.17) is 33.0 Å². The predicted molar refractivity (Wildman–Crippen MR) is 113 cm³/mol. The number of hydrogen-bond acceptors (Lipinski definition) is 3. The summed E-state index contributed by atoms with van der Waals surface area (Å²) in [7, 11) is 0. The Morgan fingerprint density at radius 2 is 1.82 bits per heavy atom. The summed E-state index contributed by atoms with van der Waals surface area (Å²) in [5.41, 5.74) is 3.95. The average Bonchev–Trinajstić information content (AvgIpc) is 2.66. The van der Waals surface area contributed by atoms with Crippen LogP contribution in [0.5, 0.6) is 5.75 Å². The molecule has 0 aliphatic heterocycles. The lowest BCUT2D eigenvalue weighted by molar-refractivity contribution is 0.0697. The van der Waals surface area contributed by atoms with E-state index in [9.17, 15) is 4.79 Å². The molecule has 0 spiro atoms. The number of carboxylic acid groups (broad SMARTS) is 1. The van der Waals surface area contributed by atoms with Gasteiger partial charge in [0.2, 0.25) is 0 Å². The number of hydrogen-bond donors (Lipinski definition) is 2. The van der Waals surface area contributed by atoms with Crippen molar-refractivity contribution in [1.82, 2.24) is 0 Å². The van der Waals surface area contributed by atoms with Gasteiger partial charge < -0.3 is 15.2 Å². The van der Waals surface area contributed by atoms with Crippen molar-refractivity contribution in [2.45, 2.75) is 20.1 Å². The molecule has 0 atom stereocenters. The Bertz CT molecular complexity index is 1000. The van der Waals surface area contributed by atoms with Crippen LogP contribution in [-0.2, 0) is 13.2 Å². The van der Waals surface area contributed by atoms with Crippen molar-refractivity contribution in [3.8, 4) is 5.75 Å². The van der Waals surface area contributed by atoms with Gasteiger partial charge in [-0.15, -0.1) is 0 Å². The molecule has 3 rings (SSSR count). The van der Waals surface area contributed by atoms with Gasteiger partial charge in [0.05, 0.1) is 10.6 Å². The van der Waals surface area contributed by atoms with Crippen molar-refractivity contribution in [3.05, 3.63) is 93.0 Å². The van der Waals surface area contributed by atoms with E-state index in [1.165, 1.54) is 11.6 Å². The summed E-state index contributed by atoms with van der Waals surface area (Å²) in [6, 6.07) is 18.3. The monoisotopic (exact) mass is 415 g/mol. The van der Waals surface area contributed by atoms with Crippen molar-refractivity contribution in [2.75, 3.05) is 5.32 Å². The Morgan fingerprint density at radius 3 is 2.54 bits per heavy atom. The summed E-state index contributed by atoms with van der Waals surface area (Å²) in [4.78, 5) is 11.1. The molecule has 0 bridgehead atoms. The molecule has 144 valence electrons. The van der Waals surface area contributed by atoms with Gasteiger partial charge >= 0.3 is 5.97 Å². The quantitative estimate of drug-likeness (QED) is 0.482. The number of carboxylic acids is 1. The first-order valence-electron chi connectivity index (χ1n) is 8.66. The predicted octanol–water partition coefficient (Wildman–Crippen LogP) is 6.19. The minimum Gasteiger partial charge on any atom is -0.489 e. The molecule has 0 aromatic heterocycles. The molecule has 0 saturated carbocycles. The number of halogens is 2. The second-order valence-corrected chi connectivity index (χ2v) is 7.16. The van der Waals surface area contributed by atoms with Crippen LogP contribution in [-0.4, -0.2) is 11.1 Å². The van der Waals surface area contributed by atoms with Crippen LogP contribution in [0.3, 0.4) is 0 Å². The number of benzene rings is 3. The summed E-state index contributed by atoms with van der Waals surface area (Å²) < 4.78 is 6.02. The van der Waals surface area contributed by atoms with Gasteiger partial charge in [-0.2, -0.15) is 0 Å². The molecule has 4 nitrogen and oxygen atoms in total. The SMILES string of the molecule is Cc1ccccc1COc1ccc(Cl)cc1CNc1ccc(C(=O)O)c(Cl)c1. The van der Waals surface area contributed by atoms with Crippen LogP contribution in [0.15, 0.2) is 60.7 Å². The lowest BCUT2D eigenvalue weighted by Crippen LogP contribution is -2.05. The van der Waals surface area contributed by atoms with Crippen LogP contribution < -0.4 is 10.1 Å². The van der Waals surface area contributed by atoms with E-state index in [0.717, 1.165) is 16.9 Å². The van der Waals surface area contributed by atoms with E-state index >= 15 is 0 Å². The lowest BCUT2D eigenvalue weighted by atomic mass is 10.1. The zero-order chi connectivity index (χ0) is 20.1. The van der Waals surface area contributed by atoms with Gasteiger partial charge in [0.15, 0.2) is 0 Å². The number of anilines is 1. The van der Waals surface area contributed by atoms with Crippen molar-refractivity contribution in [2.24, 2.45) is 0 Å². The lowest BCUT2D eigenvalue weighted by Gasteiger charge is -2.15. The van der Waals surface area contributed by atoms with Crippen molar-refractivity contribution >= 4 is 34.9 Å². The van der Waals surface area contributed by atoms with E-state index in [1.54, 1.807) is 18.2 Å². The van der Waals surface area contributed by atoms with E-state index in [1.807, 2.05) is 43.3 Å². The molecule has 0 heterocycles. The molecule has 0 aliphatic rings. The fourth-order valence-corrected chi connectivity index (χ4v) is 3.21. The van der Waals surface area contributed by atoms with E-state index in [0.29, 0.717) is 23.9 Å². The topological polar surface area (TPSA) is 58.6 Å². The van der Waals surface area contributed by atoms with Crippen LogP contribution in [0.4, 0.5) is 5.69 Å². The van der Waals surface area contributed by atoms with E-state index in [2.05, 4.69) is 5.32 Å². The maximum Gasteiger partial charge on any atom is 0.337 e. The van der Waals surface area contributed by atoms with Crippen LogP contribution in [0.25, 0.3) is 0 Å². The van der Waals surface area contributed by atoms with Crippen molar-refractivity contribution < 1.29 is 14.6 Å². The highest BCUT2D eigenvalue weighted by Crippen LogP contribution is 2.27. The first-order valence-corrected chi connectivity index (χ1v) is 9.42. The third kappa shape index (κ3) is 4.97. The molecular formula is C22H19Cl2NO3. The summed E-state index contributed by atoms with van der Waals surface area (Å²) in [6.07, 6.45) is 0. The average molecular weight is 416 g/mol. The maximum absolute atomic E-state index is 11.1. The highest BCUT2D eigenvalue weighted by Gasteiger charge is 2.10. The Labute approximate surface area is 173 Å². The van der Waals surface area contributed by atoms with Crippen molar-refractivity contribution in [1.29, 1.82) is 0 Å². The first kappa shape index (κ1) is 20.1. The first-order chi connectivity index (χ1) is 13.4. The molecule has 6 heteroatoms. The standard InChI is InChI=1S/C22H19Cl2NO3/c1-14-4-2-3-5-15(14)13-28-21-9-6-17(23)10-16(21)12-25-18-7-8-19(22(26)27)20(24)11-18/h2-11,25H,12-13H2,1H3,(H,26,27). The fourth-order valence-electron chi connectivity index (χ4n) is 2.75. The molecule has 3 aromatic rings. The van der Waals surface area contributed by atoms with Gasteiger partial charge in [-0.05, 0) is 54.4 Å². The van der Waals surface area contributed by atoms with Crippen LogP contribution >= 0.6 is 23.2 Å². The summed E-state index contributed by atoms with van der Waals surface area (Å²) in [5.74, 6) is -0.327.